The average molecular weight is 506 g/mol. The van der Waals surface area contributed by atoms with Crippen LogP contribution in [0.25, 0.3) is 6.08 Å². The molecule has 7 nitrogen and oxygen atoms in total. The highest BCUT2D eigenvalue weighted by Gasteiger charge is 2.38. The first kappa shape index (κ1) is 20.5. The summed E-state index contributed by atoms with van der Waals surface area (Å²) in [4.78, 5) is 15.0. The van der Waals surface area contributed by atoms with Gasteiger partial charge in [0.05, 0.1) is 29.7 Å². The zero-order valence-corrected chi connectivity index (χ0v) is 19.2. The molecule has 5 rings (SSSR count). The minimum atomic E-state index is -3.00. The van der Waals surface area contributed by atoms with Crippen LogP contribution in [0.4, 0.5) is 0 Å². The molecule has 0 aromatic heterocycles. The zero-order chi connectivity index (χ0) is 21.8. The average Bonchev–Trinajstić information content (AvgIpc) is 3.27. The lowest BCUT2D eigenvalue weighted by Crippen LogP contribution is -2.41. The van der Waals surface area contributed by atoms with Crippen molar-refractivity contribution in [2.45, 2.75) is 19.0 Å². The molecule has 2 aromatic rings. The Balaban J connectivity index is 1.47. The van der Waals surface area contributed by atoms with E-state index in [1.165, 1.54) is 0 Å². The number of methoxy groups -OCH3 is 1. The van der Waals surface area contributed by atoms with Crippen molar-refractivity contribution in [2.24, 2.45) is 0 Å². The summed E-state index contributed by atoms with van der Waals surface area (Å²) in [6.45, 7) is 0.789. The smallest absolute Gasteiger partial charge is 0.231 e. The summed E-state index contributed by atoms with van der Waals surface area (Å²) in [7, 11) is -1.43. The number of benzene rings is 2. The van der Waals surface area contributed by atoms with Gasteiger partial charge in [-0.1, -0.05) is 15.9 Å². The number of rotatable bonds is 3. The number of nitrogens with zero attached hydrogens (tertiary/aromatic N) is 1. The fourth-order valence-electron chi connectivity index (χ4n) is 4.23. The van der Waals surface area contributed by atoms with E-state index in [1.54, 1.807) is 25.3 Å². The molecule has 0 aliphatic carbocycles. The summed E-state index contributed by atoms with van der Waals surface area (Å²) >= 11 is 3.44. The SMILES string of the molecule is COc1ccc(Br)cc1/C=C1\Oc2c(ccc3c2CN(C2CCS(=O)(=O)C2)CO3)C1=O. The lowest BCUT2D eigenvalue weighted by Gasteiger charge is -2.33. The summed E-state index contributed by atoms with van der Waals surface area (Å²) in [5, 5.41) is 0. The number of carbonyl (C=O) groups is 1. The molecule has 2 aromatic carbocycles. The first-order valence-electron chi connectivity index (χ1n) is 9.85. The van der Waals surface area contributed by atoms with Gasteiger partial charge >= 0.3 is 0 Å². The van der Waals surface area contributed by atoms with Gasteiger partial charge < -0.3 is 14.2 Å². The Morgan fingerprint density at radius 2 is 2.10 bits per heavy atom. The van der Waals surface area contributed by atoms with Crippen molar-refractivity contribution in [1.29, 1.82) is 0 Å². The number of allylic oxidation sites excluding steroid dienone is 1. The number of ether oxygens (including phenoxy) is 3. The van der Waals surface area contributed by atoms with Crippen molar-refractivity contribution in [1.82, 2.24) is 4.90 Å². The predicted octanol–water partition coefficient (Wildman–Crippen LogP) is 3.41. The normalized spacial score (nSPS) is 23.2. The van der Waals surface area contributed by atoms with Crippen LogP contribution in [0.2, 0.25) is 0 Å². The second-order valence-corrected chi connectivity index (χ2v) is 11.0. The second-order valence-electron chi connectivity index (χ2n) is 7.82. The molecule has 0 saturated carbocycles. The molecule has 0 amide bonds. The third kappa shape index (κ3) is 3.75. The van der Waals surface area contributed by atoms with Crippen molar-refractivity contribution >= 4 is 37.6 Å². The number of halogens is 1. The number of fused-ring (bicyclic) bond motifs is 3. The van der Waals surface area contributed by atoms with Gasteiger partial charge in [-0.2, -0.15) is 0 Å². The maximum atomic E-state index is 13.0. The monoisotopic (exact) mass is 505 g/mol. The number of hydrogen-bond acceptors (Lipinski definition) is 7. The molecule has 0 N–H and O–H groups in total. The Morgan fingerprint density at radius 3 is 2.84 bits per heavy atom. The Hall–Kier alpha value is -2.36. The van der Waals surface area contributed by atoms with E-state index >= 15 is 0 Å². The van der Waals surface area contributed by atoms with Crippen molar-refractivity contribution in [3.63, 3.8) is 0 Å². The van der Waals surface area contributed by atoms with Crippen molar-refractivity contribution in [3.05, 3.63) is 57.3 Å². The highest BCUT2D eigenvalue weighted by atomic mass is 79.9. The van der Waals surface area contributed by atoms with Crippen molar-refractivity contribution in [2.75, 3.05) is 25.3 Å². The van der Waals surface area contributed by atoms with E-state index in [0.717, 1.165) is 15.6 Å². The molecule has 0 bridgehead atoms. The first-order chi connectivity index (χ1) is 14.8. The van der Waals surface area contributed by atoms with Gasteiger partial charge in [0.1, 0.15) is 24.0 Å². The first-order valence-corrected chi connectivity index (χ1v) is 12.5. The standard InChI is InChI=1S/C22H20BrNO6S/c1-28-18-4-2-14(23)8-13(18)9-20-21(25)16-3-5-19-17(22(16)30-20)10-24(12-29-19)15-6-7-31(26,27)11-15/h2-5,8-9,15H,6-7,10-12H2,1H3/b20-9-. The van der Waals surface area contributed by atoms with Crippen LogP contribution in [0.5, 0.6) is 17.2 Å². The highest BCUT2D eigenvalue weighted by molar-refractivity contribution is 9.10. The fraction of sp³-hybridized carbons (Fsp3) is 0.318. The molecule has 1 fully saturated rings. The van der Waals surface area contributed by atoms with Crippen LogP contribution in [0.15, 0.2) is 40.6 Å². The molecule has 3 aliphatic rings. The molecule has 9 heteroatoms. The van der Waals surface area contributed by atoms with Gasteiger partial charge in [-0.15, -0.1) is 0 Å². The summed E-state index contributed by atoms with van der Waals surface area (Å²) in [6.07, 6.45) is 2.26. The van der Waals surface area contributed by atoms with E-state index in [9.17, 15) is 13.2 Å². The number of hydrogen-bond donors (Lipinski definition) is 0. The van der Waals surface area contributed by atoms with Gasteiger partial charge in [0.15, 0.2) is 15.6 Å². The molecule has 3 aliphatic heterocycles. The number of ketones is 1. The summed E-state index contributed by atoms with van der Waals surface area (Å²) < 4.78 is 41.9. The maximum Gasteiger partial charge on any atom is 0.231 e. The molecule has 0 radical (unpaired) electrons. The number of sulfone groups is 1. The molecule has 1 unspecified atom stereocenters. The molecule has 0 spiro atoms. The van der Waals surface area contributed by atoms with Gasteiger partial charge in [0.2, 0.25) is 5.78 Å². The van der Waals surface area contributed by atoms with Gasteiger partial charge in [-0.05, 0) is 42.8 Å². The van der Waals surface area contributed by atoms with E-state index < -0.39 is 9.84 Å². The van der Waals surface area contributed by atoms with E-state index in [4.69, 9.17) is 14.2 Å². The van der Waals surface area contributed by atoms with Crippen LogP contribution >= 0.6 is 15.9 Å². The topological polar surface area (TPSA) is 82.1 Å². The predicted molar refractivity (Wildman–Crippen MR) is 118 cm³/mol. The Morgan fingerprint density at radius 1 is 1.26 bits per heavy atom. The van der Waals surface area contributed by atoms with E-state index in [0.29, 0.717) is 42.5 Å². The van der Waals surface area contributed by atoms with Gasteiger partial charge in [-0.3, -0.25) is 9.69 Å². The van der Waals surface area contributed by atoms with Crippen molar-refractivity contribution < 1.29 is 27.4 Å². The molecule has 162 valence electrons. The zero-order valence-electron chi connectivity index (χ0n) is 16.8. The fourth-order valence-corrected chi connectivity index (χ4v) is 6.37. The molecule has 31 heavy (non-hydrogen) atoms. The van der Waals surface area contributed by atoms with E-state index in [-0.39, 0.29) is 29.1 Å². The summed E-state index contributed by atoms with van der Waals surface area (Å²) in [5.74, 6) is 2.10. The third-order valence-electron chi connectivity index (χ3n) is 5.85. The minimum absolute atomic E-state index is 0.0907. The van der Waals surface area contributed by atoms with Gasteiger partial charge in [0, 0.05) is 22.6 Å². The molecule has 1 atom stereocenters. The number of Topliss-reactive ketones (excluding diaryl/α,β-unsaturated/α-hetero) is 1. The van der Waals surface area contributed by atoms with E-state index in [1.807, 2.05) is 23.1 Å². The summed E-state index contributed by atoms with van der Waals surface area (Å²) in [5.41, 5.74) is 1.96. The molecular weight excluding hydrogens is 486 g/mol. The van der Waals surface area contributed by atoms with E-state index in [2.05, 4.69) is 15.9 Å². The van der Waals surface area contributed by atoms with Crippen LogP contribution in [-0.4, -0.2) is 50.5 Å². The summed E-state index contributed by atoms with van der Waals surface area (Å²) in [6, 6.07) is 8.93. The van der Waals surface area contributed by atoms with Gasteiger partial charge in [-0.25, -0.2) is 8.42 Å². The Bertz CT molecular complexity index is 1220. The molecular formula is C22H20BrNO6S. The minimum Gasteiger partial charge on any atom is -0.496 e. The van der Waals surface area contributed by atoms with Crippen LogP contribution in [0.1, 0.15) is 27.9 Å². The van der Waals surface area contributed by atoms with Crippen LogP contribution in [0.3, 0.4) is 0 Å². The Labute approximate surface area is 188 Å². The lowest BCUT2D eigenvalue weighted by molar-refractivity contribution is 0.0634. The Kier molecular flexibility index (Phi) is 5.07. The third-order valence-corrected chi connectivity index (χ3v) is 8.09. The lowest BCUT2D eigenvalue weighted by atomic mass is 10.0. The second kappa shape index (κ2) is 7.65. The van der Waals surface area contributed by atoms with Crippen LogP contribution in [-0.2, 0) is 16.4 Å². The highest BCUT2D eigenvalue weighted by Crippen LogP contribution is 2.43. The number of carbonyl (C=O) groups excluding carboxylic acids is 1. The van der Waals surface area contributed by atoms with Gasteiger partial charge in [0.25, 0.3) is 0 Å². The molecule has 1 saturated heterocycles. The largest absolute Gasteiger partial charge is 0.496 e. The van der Waals surface area contributed by atoms with Crippen molar-refractivity contribution in [3.8, 4) is 17.2 Å². The molecule has 3 heterocycles. The maximum absolute atomic E-state index is 13.0. The van der Waals surface area contributed by atoms with Crippen LogP contribution < -0.4 is 14.2 Å². The quantitative estimate of drug-likeness (QED) is 0.591. The van der Waals surface area contributed by atoms with Crippen LogP contribution in [0, 0.1) is 0 Å².